The van der Waals surface area contributed by atoms with Crippen LogP contribution < -0.4 is 0 Å². The maximum Gasteiger partial charge on any atom is 0.310 e. The Labute approximate surface area is 172 Å². The molecule has 1 unspecified atom stereocenters. The van der Waals surface area contributed by atoms with Gasteiger partial charge in [-0.1, -0.05) is 71.1 Å². The van der Waals surface area contributed by atoms with Gasteiger partial charge in [0.1, 0.15) is 12.0 Å². The molecule has 0 bridgehead atoms. The fraction of sp³-hybridized carbons (Fsp3) is 0.870. The molecule has 1 fully saturated rings. The molecular weight excluding hydrogens is 360 g/mol. The van der Waals surface area contributed by atoms with Crippen LogP contribution in [0.3, 0.4) is 0 Å². The van der Waals surface area contributed by atoms with Crippen molar-refractivity contribution in [1.82, 2.24) is 0 Å². The van der Waals surface area contributed by atoms with Gasteiger partial charge in [0.2, 0.25) is 0 Å². The first-order chi connectivity index (χ1) is 13.3. The Kier molecular flexibility index (Phi) is 15.7. The van der Waals surface area contributed by atoms with Gasteiger partial charge in [-0.2, -0.15) is 0 Å². The van der Waals surface area contributed by atoms with Gasteiger partial charge in [0.25, 0.3) is 0 Å². The topological polar surface area (TPSA) is 35.5 Å². The minimum Gasteiger partial charge on any atom is -0.492 e. The minimum absolute atomic E-state index is 0.190. The summed E-state index contributed by atoms with van der Waals surface area (Å²) in [5.41, 5.74) is 0. The summed E-state index contributed by atoms with van der Waals surface area (Å²) in [5, 5.41) is 0. The summed E-state index contributed by atoms with van der Waals surface area (Å²) in [5.74, 6) is 1.23. The molecule has 0 saturated carbocycles. The van der Waals surface area contributed by atoms with E-state index in [1.165, 1.54) is 76.9 Å². The normalized spacial score (nSPS) is 18.0. The quantitative estimate of drug-likeness (QED) is 0.109. The maximum absolute atomic E-state index is 11.6. The number of carbonyl (C=O) groups is 1. The summed E-state index contributed by atoms with van der Waals surface area (Å²) in [6.07, 6.45) is 22.0. The van der Waals surface area contributed by atoms with Gasteiger partial charge < -0.3 is 9.47 Å². The van der Waals surface area contributed by atoms with E-state index >= 15 is 0 Å². The lowest BCUT2D eigenvalue weighted by Gasteiger charge is -2.10. The first-order valence-corrected chi connectivity index (χ1v) is 11.9. The van der Waals surface area contributed by atoms with E-state index in [9.17, 15) is 4.79 Å². The summed E-state index contributed by atoms with van der Waals surface area (Å²) in [7, 11) is 0. The van der Waals surface area contributed by atoms with E-state index in [4.69, 9.17) is 21.1 Å². The van der Waals surface area contributed by atoms with Crippen molar-refractivity contribution in [2.45, 2.75) is 122 Å². The van der Waals surface area contributed by atoms with E-state index < -0.39 is 0 Å². The van der Waals surface area contributed by atoms with E-state index in [2.05, 4.69) is 6.92 Å². The molecule has 0 N–H and O–H groups in total. The number of hydrogen-bond acceptors (Lipinski definition) is 3. The second-order valence-electron chi connectivity index (χ2n) is 7.82. The molecule has 0 aromatic carbocycles. The summed E-state index contributed by atoms with van der Waals surface area (Å²) >= 11 is 5.60. The fourth-order valence-corrected chi connectivity index (χ4v) is 3.70. The Morgan fingerprint density at radius 3 is 2.26 bits per heavy atom. The number of ether oxygens (including phenoxy) is 2. The third-order valence-corrected chi connectivity index (χ3v) is 5.51. The summed E-state index contributed by atoms with van der Waals surface area (Å²) in [4.78, 5) is 11.6. The number of alkyl halides is 1. The Hall–Kier alpha value is -0.700. The molecule has 1 saturated heterocycles. The lowest BCUT2D eigenvalue weighted by molar-refractivity contribution is -0.138. The highest BCUT2D eigenvalue weighted by atomic mass is 35.5. The molecule has 1 rings (SSSR count). The van der Waals surface area contributed by atoms with Gasteiger partial charge in [-0.3, -0.25) is 4.79 Å². The summed E-state index contributed by atoms with van der Waals surface area (Å²) in [6, 6.07) is 0. The molecule has 27 heavy (non-hydrogen) atoms. The zero-order valence-corrected chi connectivity index (χ0v) is 18.2. The zero-order valence-electron chi connectivity index (χ0n) is 17.5. The van der Waals surface area contributed by atoms with E-state index in [0.717, 1.165) is 37.9 Å². The van der Waals surface area contributed by atoms with Crippen molar-refractivity contribution >= 4 is 17.6 Å². The number of allylic oxidation sites excluding steroid dienone is 1. The standard InChI is InChI=1S/C23H41ClO3/c1-2-3-4-5-6-7-8-9-10-11-12-15-21-17-18-22(27-21)20-26-23(25)16-13-14-19-24/h20-21H,2-19H2,1H3. The molecule has 0 aromatic rings. The van der Waals surface area contributed by atoms with Gasteiger partial charge in [0, 0.05) is 18.7 Å². The van der Waals surface area contributed by atoms with Crippen LogP contribution in [0, 0.1) is 0 Å². The van der Waals surface area contributed by atoms with Gasteiger partial charge in [-0.25, -0.2) is 0 Å². The van der Waals surface area contributed by atoms with Crippen LogP contribution >= 0.6 is 11.6 Å². The second kappa shape index (κ2) is 17.4. The molecule has 1 heterocycles. The van der Waals surface area contributed by atoms with Crippen LogP contribution in [0.15, 0.2) is 12.0 Å². The number of carbonyl (C=O) groups excluding carboxylic acids is 1. The van der Waals surface area contributed by atoms with Gasteiger partial charge in [0.15, 0.2) is 0 Å². The Morgan fingerprint density at radius 2 is 1.63 bits per heavy atom. The van der Waals surface area contributed by atoms with E-state index in [-0.39, 0.29) is 5.97 Å². The average molecular weight is 401 g/mol. The highest BCUT2D eigenvalue weighted by molar-refractivity contribution is 6.17. The molecular formula is C23H41ClO3. The predicted molar refractivity (Wildman–Crippen MR) is 114 cm³/mol. The highest BCUT2D eigenvalue weighted by Gasteiger charge is 2.20. The number of rotatable bonds is 17. The molecule has 4 heteroatoms. The van der Waals surface area contributed by atoms with Crippen molar-refractivity contribution in [3.05, 3.63) is 12.0 Å². The third kappa shape index (κ3) is 14.0. The maximum atomic E-state index is 11.6. The molecule has 1 atom stereocenters. The van der Waals surface area contributed by atoms with Crippen LogP contribution in [-0.2, 0) is 14.3 Å². The van der Waals surface area contributed by atoms with E-state index in [0.29, 0.717) is 18.4 Å². The lowest BCUT2D eigenvalue weighted by atomic mass is 10.0. The first kappa shape index (κ1) is 24.3. The van der Waals surface area contributed by atoms with Crippen molar-refractivity contribution in [3.63, 3.8) is 0 Å². The first-order valence-electron chi connectivity index (χ1n) is 11.4. The van der Waals surface area contributed by atoms with Crippen molar-refractivity contribution in [1.29, 1.82) is 0 Å². The number of halogens is 1. The van der Waals surface area contributed by atoms with Gasteiger partial charge in [-0.15, -0.1) is 11.6 Å². The van der Waals surface area contributed by atoms with Crippen LogP contribution in [-0.4, -0.2) is 18.0 Å². The molecule has 0 amide bonds. The second-order valence-corrected chi connectivity index (χ2v) is 8.20. The number of esters is 1. The smallest absolute Gasteiger partial charge is 0.310 e. The predicted octanol–water partition coefficient (Wildman–Crippen LogP) is 7.66. The van der Waals surface area contributed by atoms with Crippen molar-refractivity contribution < 1.29 is 14.3 Å². The SMILES string of the molecule is CCCCCCCCCCCCCC1CCC(=COC(=O)CCCCCl)O1. The van der Waals surface area contributed by atoms with Gasteiger partial charge in [-0.05, 0) is 32.1 Å². The minimum atomic E-state index is -0.190. The Balaban J connectivity index is 1.93. The largest absolute Gasteiger partial charge is 0.492 e. The molecule has 1 aliphatic heterocycles. The average Bonchev–Trinajstić information content (AvgIpc) is 3.12. The van der Waals surface area contributed by atoms with E-state index in [1.807, 2.05) is 0 Å². The van der Waals surface area contributed by atoms with Crippen LogP contribution in [0.25, 0.3) is 0 Å². The molecule has 3 nitrogen and oxygen atoms in total. The van der Waals surface area contributed by atoms with Crippen LogP contribution in [0.5, 0.6) is 0 Å². The number of unbranched alkanes of at least 4 members (excludes halogenated alkanes) is 11. The van der Waals surface area contributed by atoms with Crippen molar-refractivity contribution in [3.8, 4) is 0 Å². The monoisotopic (exact) mass is 400 g/mol. The fourth-order valence-electron chi connectivity index (χ4n) is 3.52. The van der Waals surface area contributed by atoms with Crippen LogP contribution in [0.1, 0.15) is 116 Å². The van der Waals surface area contributed by atoms with Crippen molar-refractivity contribution in [2.24, 2.45) is 0 Å². The summed E-state index contributed by atoms with van der Waals surface area (Å²) in [6.45, 7) is 2.27. The molecule has 0 radical (unpaired) electrons. The van der Waals surface area contributed by atoms with Gasteiger partial charge >= 0.3 is 5.97 Å². The Morgan fingerprint density at radius 1 is 1.00 bits per heavy atom. The Bertz CT molecular complexity index is 395. The molecule has 0 aliphatic carbocycles. The highest BCUT2D eigenvalue weighted by Crippen LogP contribution is 2.27. The summed E-state index contributed by atoms with van der Waals surface area (Å²) < 4.78 is 11.1. The molecule has 1 aliphatic rings. The van der Waals surface area contributed by atoms with Gasteiger partial charge in [0.05, 0.1) is 6.10 Å². The zero-order chi connectivity index (χ0) is 19.6. The molecule has 0 aromatic heterocycles. The van der Waals surface area contributed by atoms with E-state index in [1.54, 1.807) is 0 Å². The third-order valence-electron chi connectivity index (χ3n) is 5.25. The molecule has 0 spiro atoms. The van der Waals surface area contributed by atoms with Crippen molar-refractivity contribution in [2.75, 3.05) is 5.88 Å². The molecule has 158 valence electrons. The van der Waals surface area contributed by atoms with Crippen LogP contribution in [0.4, 0.5) is 0 Å². The van der Waals surface area contributed by atoms with Crippen LogP contribution in [0.2, 0.25) is 0 Å². The number of hydrogen-bond donors (Lipinski definition) is 0. The lowest BCUT2D eigenvalue weighted by Crippen LogP contribution is -2.04.